The van der Waals surface area contributed by atoms with Crippen LogP contribution in [0.2, 0.25) is 10.0 Å². The molecule has 1 aromatic heterocycles. The van der Waals surface area contributed by atoms with Gasteiger partial charge in [0.1, 0.15) is 11.5 Å². The molecule has 4 nitrogen and oxygen atoms in total. The summed E-state index contributed by atoms with van der Waals surface area (Å²) >= 11 is 11.9. The van der Waals surface area contributed by atoms with E-state index < -0.39 is 0 Å². The molecule has 1 heterocycles. The molecule has 0 aliphatic carbocycles. The monoisotopic (exact) mass is 324 g/mol. The van der Waals surface area contributed by atoms with Crippen LogP contribution in [0.5, 0.6) is 0 Å². The van der Waals surface area contributed by atoms with E-state index in [0.29, 0.717) is 38.4 Å². The van der Waals surface area contributed by atoms with Gasteiger partial charge in [-0.3, -0.25) is 4.79 Å². The van der Waals surface area contributed by atoms with Crippen molar-refractivity contribution in [3.05, 3.63) is 57.0 Å². The number of benzene rings is 1. The Hall–Kier alpha value is -1.78. The molecule has 0 spiro atoms. The number of nitrogens with one attached hydrogen (secondary N) is 1. The molecule has 2 aromatic rings. The van der Waals surface area contributed by atoms with E-state index in [0.717, 1.165) is 0 Å². The highest BCUT2D eigenvalue weighted by molar-refractivity contribution is 6.37. The normalized spacial score (nSPS) is 11.6. The Morgan fingerprint density at radius 3 is 2.48 bits per heavy atom. The second-order valence-electron chi connectivity index (χ2n) is 4.59. The third kappa shape index (κ3) is 3.65. The lowest BCUT2D eigenvalue weighted by Gasteiger charge is -2.05. The summed E-state index contributed by atoms with van der Waals surface area (Å²) in [7, 11) is 0. The highest BCUT2D eigenvalue weighted by Gasteiger charge is 2.13. The van der Waals surface area contributed by atoms with Gasteiger partial charge in [0.05, 0.1) is 16.3 Å². The summed E-state index contributed by atoms with van der Waals surface area (Å²) in [6.45, 7) is 5.27. The zero-order chi connectivity index (χ0) is 15.6. The number of furan rings is 1. The van der Waals surface area contributed by atoms with E-state index in [4.69, 9.17) is 27.6 Å². The van der Waals surface area contributed by atoms with Crippen molar-refractivity contribution < 1.29 is 9.21 Å². The Balaban J connectivity index is 2.17. The van der Waals surface area contributed by atoms with Gasteiger partial charge in [0, 0.05) is 10.6 Å². The number of rotatable bonds is 3. The lowest BCUT2D eigenvalue weighted by molar-refractivity contribution is 0.0953. The Kier molecular flexibility index (Phi) is 4.70. The zero-order valence-corrected chi connectivity index (χ0v) is 13.3. The van der Waals surface area contributed by atoms with E-state index in [9.17, 15) is 4.79 Å². The predicted molar refractivity (Wildman–Crippen MR) is 84.3 cm³/mol. The van der Waals surface area contributed by atoms with Gasteiger partial charge in [-0.2, -0.15) is 5.10 Å². The molecule has 1 aromatic carbocycles. The Bertz CT molecular complexity index is 720. The van der Waals surface area contributed by atoms with E-state index in [1.54, 1.807) is 45.0 Å². The van der Waals surface area contributed by atoms with Crippen LogP contribution in [0.15, 0.2) is 33.8 Å². The Morgan fingerprint density at radius 2 is 1.90 bits per heavy atom. The van der Waals surface area contributed by atoms with Crippen LogP contribution < -0.4 is 5.43 Å². The molecule has 0 saturated heterocycles. The average Bonchev–Trinajstić information content (AvgIpc) is 2.74. The van der Waals surface area contributed by atoms with Gasteiger partial charge in [-0.15, -0.1) is 0 Å². The molecule has 0 bridgehead atoms. The summed E-state index contributed by atoms with van der Waals surface area (Å²) in [6.07, 6.45) is 0. The molecule has 0 saturated carbocycles. The fourth-order valence-corrected chi connectivity index (χ4v) is 2.44. The molecule has 2 rings (SSSR count). The molecule has 0 radical (unpaired) electrons. The molecular formula is C15H14Cl2N2O2. The van der Waals surface area contributed by atoms with Crippen molar-refractivity contribution in [2.45, 2.75) is 20.8 Å². The topological polar surface area (TPSA) is 54.6 Å². The minimum Gasteiger partial charge on any atom is -0.466 e. The number of hydrazone groups is 1. The van der Waals surface area contributed by atoms with Gasteiger partial charge in [-0.1, -0.05) is 29.3 Å². The second kappa shape index (κ2) is 6.33. The molecule has 0 atom stereocenters. The van der Waals surface area contributed by atoms with Crippen molar-refractivity contribution in [2.24, 2.45) is 5.10 Å². The van der Waals surface area contributed by atoms with Crippen molar-refractivity contribution in [1.82, 2.24) is 5.43 Å². The highest BCUT2D eigenvalue weighted by Crippen LogP contribution is 2.21. The van der Waals surface area contributed by atoms with Crippen molar-refractivity contribution in [3.8, 4) is 0 Å². The first-order valence-corrected chi connectivity index (χ1v) is 7.01. The highest BCUT2D eigenvalue weighted by atomic mass is 35.5. The van der Waals surface area contributed by atoms with E-state index >= 15 is 0 Å². The number of amides is 1. The quantitative estimate of drug-likeness (QED) is 0.673. The number of aryl methyl sites for hydroxylation is 2. The van der Waals surface area contributed by atoms with Gasteiger partial charge in [0.2, 0.25) is 0 Å². The summed E-state index contributed by atoms with van der Waals surface area (Å²) in [4.78, 5) is 12.0. The summed E-state index contributed by atoms with van der Waals surface area (Å²) in [5.41, 5.74) is 4.25. The first kappa shape index (κ1) is 15.6. The standard InChI is InChI=1S/C15H14Cl2N2O2/c1-8-6-13(10(3)21-8)15(20)19-18-9(2)12-5-4-11(16)7-14(12)17/h4-7H,1-3H3,(H,19,20)/b18-9-. The molecule has 110 valence electrons. The zero-order valence-electron chi connectivity index (χ0n) is 11.8. The van der Waals surface area contributed by atoms with Crippen LogP contribution >= 0.6 is 23.2 Å². The minimum absolute atomic E-state index is 0.325. The summed E-state index contributed by atoms with van der Waals surface area (Å²) in [6, 6.07) is 6.77. The number of nitrogens with zero attached hydrogens (tertiary/aromatic N) is 1. The fourth-order valence-electron chi connectivity index (χ4n) is 1.89. The molecule has 0 aliphatic rings. The van der Waals surface area contributed by atoms with Crippen molar-refractivity contribution in [3.63, 3.8) is 0 Å². The predicted octanol–water partition coefficient (Wildman–Crippen LogP) is 4.36. The van der Waals surface area contributed by atoms with E-state index in [1.165, 1.54) is 0 Å². The maximum atomic E-state index is 12.0. The number of hydrogen-bond donors (Lipinski definition) is 1. The van der Waals surface area contributed by atoms with E-state index in [2.05, 4.69) is 10.5 Å². The molecule has 1 N–H and O–H groups in total. The molecule has 0 fully saturated rings. The molecule has 21 heavy (non-hydrogen) atoms. The summed E-state index contributed by atoms with van der Waals surface area (Å²) in [5, 5.41) is 5.09. The number of carbonyl (C=O) groups excluding carboxylic acids is 1. The fraction of sp³-hybridized carbons (Fsp3) is 0.200. The molecular weight excluding hydrogens is 311 g/mol. The molecule has 0 unspecified atom stereocenters. The smallest absolute Gasteiger partial charge is 0.274 e. The van der Waals surface area contributed by atoms with Gasteiger partial charge < -0.3 is 4.42 Å². The second-order valence-corrected chi connectivity index (χ2v) is 5.43. The van der Waals surface area contributed by atoms with Crippen molar-refractivity contribution >= 4 is 34.8 Å². The number of hydrogen-bond acceptors (Lipinski definition) is 3. The van der Waals surface area contributed by atoms with Crippen molar-refractivity contribution in [1.29, 1.82) is 0 Å². The molecule has 6 heteroatoms. The van der Waals surface area contributed by atoms with Gasteiger partial charge in [-0.25, -0.2) is 5.43 Å². The minimum atomic E-state index is -0.325. The summed E-state index contributed by atoms with van der Waals surface area (Å²) < 4.78 is 5.31. The van der Waals surface area contributed by atoms with Crippen LogP contribution in [-0.4, -0.2) is 11.6 Å². The van der Waals surface area contributed by atoms with Crippen LogP contribution in [-0.2, 0) is 0 Å². The van der Waals surface area contributed by atoms with Crippen LogP contribution in [0, 0.1) is 13.8 Å². The lowest BCUT2D eigenvalue weighted by atomic mass is 10.1. The Labute approximate surface area is 132 Å². The molecule has 0 aliphatic heterocycles. The number of halogens is 2. The first-order chi connectivity index (χ1) is 9.88. The van der Waals surface area contributed by atoms with Gasteiger partial charge in [0.15, 0.2) is 0 Å². The van der Waals surface area contributed by atoms with Crippen LogP contribution in [0.25, 0.3) is 0 Å². The third-order valence-corrected chi connectivity index (χ3v) is 3.48. The summed E-state index contributed by atoms with van der Waals surface area (Å²) in [5.74, 6) is 0.912. The molecule has 1 amide bonds. The first-order valence-electron chi connectivity index (χ1n) is 6.25. The third-order valence-electron chi connectivity index (χ3n) is 2.93. The largest absolute Gasteiger partial charge is 0.466 e. The van der Waals surface area contributed by atoms with Crippen LogP contribution in [0.3, 0.4) is 0 Å². The van der Waals surface area contributed by atoms with Gasteiger partial charge >= 0.3 is 0 Å². The SMILES string of the molecule is C/C(=N/NC(=O)c1cc(C)oc1C)c1ccc(Cl)cc1Cl. The van der Waals surface area contributed by atoms with Gasteiger partial charge in [0.25, 0.3) is 5.91 Å². The van der Waals surface area contributed by atoms with Crippen LogP contribution in [0.1, 0.15) is 34.4 Å². The van der Waals surface area contributed by atoms with Gasteiger partial charge in [-0.05, 0) is 39.0 Å². The van der Waals surface area contributed by atoms with Crippen LogP contribution in [0.4, 0.5) is 0 Å². The number of carbonyl (C=O) groups is 1. The maximum absolute atomic E-state index is 12.0. The maximum Gasteiger partial charge on any atom is 0.274 e. The van der Waals surface area contributed by atoms with Crippen molar-refractivity contribution in [2.75, 3.05) is 0 Å². The lowest BCUT2D eigenvalue weighted by Crippen LogP contribution is -2.19. The van der Waals surface area contributed by atoms with E-state index in [-0.39, 0.29) is 5.91 Å². The Morgan fingerprint density at radius 1 is 1.19 bits per heavy atom. The van der Waals surface area contributed by atoms with E-state index in [1.807, 2.05) is 0 Å². The average molecular weight is 325 g/mol.